The van der Waals surface area contributed by atoms with Crippen molar-refractivity contribution in [3.63, 3.8) is 0 Å². The summed E-state index contributed by atoms with van der Waals surface area (Å²) in [5.41, 5.74) is 3.23. The maximum Gasteiger partial charge on any atom is 0.229 e. The molecule has 1 aliphatic rings. The monoisotopic (exact) mass is 351 g/mol. The van der Waals surface area contributed by atoms with E-state index in [1.54, 1.807) is 29.2 Å². The first-order chi connectivity index (χ1) is 12.4. The highest BCUT2D eigenvalue weighted by molar-refractivity contribution is 6.03. The standard InChI is InChI=1S/C20H21N3O3/c1-13-3-9-18(10-4-13)23-12-15(11-19(23)25)20(26)22-17-7-5-16(6-8-17)21-14(2)24/h3-10,15H,11-12H2,1-2H3,(H,21,24)(H,22,26)/t15-/m0/s1. The minimum Gasteiger partial charge on any atom is -0.326 e. The second-order valence-corrected chi connectivity index (χ2v) is 6.49. The molecule has 0 aromatic heterocycles. The van der Waals surface area contributed by atoms with Crippen LogP contribution < -0.4 is 15.5 Å². The predicted octanol–water partition coefficient (Wildman–Crippen LogP) is 2.95. The Balaban J connectivity index is 1.62. The molecular formula is C20H21N3O3. The third-order valence-corrected chi connectivity index (χ3v) is 4.31. The van der Waals surface area contributed by atoms with Crippen LogP contribution in [0.1, 0.15) is 18.9 Å². The summed E-state index contributed by atoms with van der Waals surface area (Å²) < 4.78 is 0. The zero-order valence-electron chi connectivity index (χ0n) is 14.8. The van der Waals surface area contributed by atoms with E-state index in [2.05, 4.69) is 10.6 Å². The number of rotatable bonds is 4. The van der Waals surface area contributed by atoms with Gasteiger partial charge in [-0.05, 0) is 43.3 Å². The first-order valence-electron chi connectivity index (χ1n) is 8.48. The molecule has 6 nitrogen and oxygen atoms in total. The van der Waals surface area contributed by atoms with Crippen molar-refractivity contribution in [2.45, 2.75) is 20.3 Å². The van der Waals surface area contributed by atoms with Gasteiger partial charge in [0.05, 0.1) is 5.92 Å². The van der Waals surface area contributed by atoms with E-state index in [9.17, 15) is 14.4 Å². The quantitative estimate of drug-likeness (QED) is 0.889. The van der Waals surface area contributed by atoms with Crippen LogP contribution in [0.15, 0.2) is 48.5 Å². The molecule has 2 N–H and O–H groups in total. The second-order valence-electron chi connectivity index (χ2n) is 6.49. The van der Waals surface area contributed by atoms with Gasteiger partial charge in [0.25, 0.3) is 0 Å². The van der Waals surface area contributed by atoms with Crippen molar-refractivity contribution < 1.29 is 14.4 Å². The molecule has 1 fully saturated rings. The van der Waals surface area contributed by atoms with Gasteiger partial charge in [0.1, 0.15) is 0 Å². The van der Waals surface area contributed by atoms with Crippen molar-refractivity contribution >= 4 is 34.8 Å². The summed E-state index contributed by atoms with van der Waals surface area (Å²) >= 11 is 0. The molecule has 0 radical (unpaired) electrons. The van der Waals surface area contributed by atoms with Gasteiger partial charge in [-0.1, -0.05) is 17.7 Å². The molecule has 1 atom stereocenters. The highest BCUT2D eigenvalue weighted by Gasteiger charge is 2.35. The average Bonchev–Trinajstić information content (AvgIpc) is 2.99. The Morgan fingerprint density at radius 3 is 2.12 bits per heavy atom. The molecule has 0 aliphatic carbocycles. The van der Waals surface area contributed by atoms with Crippen LogP contribution in [0, 0.1) is 12.8 Å². The molecular weight excluding hydrogens is 330 g/mol. The van der Waals surface area contributed by atoms with Crippen molar-refractivity contribution in [3.05, 3.63) is 54.1 Å². The lowest BCUT2D eigenvalue weighted by Gasteiger charge is -2.17. The Labute approximate surface area is 152 Å². The number of amides is 3. The van der Waals surface area contributed by atoms with Gasteiger partial charge in [0.15, 0.2) is 0 Å². The van der Waals surface area contributed by atoms with Crippen molar-refractivity contribution in [2.75, 3.05) is 22.1 Å². The van der Waals surface area contributed by atoms with Crippen molar-refractivity contribution in [2.24, 2.45) is 5.92 Å². The normalized spacial score (nSPS) is 16.5. The van der Waals surface area contributed by atoms with Crippen LogP contribution >= 0.6 is 0 Å². The Bertz CT molecular complexity index is 828. The smallest absolute Gasteiger partial charge is 0.229 e. The fraction of sp³-hybridized carbons (Fsp3) is 0.250. The van der Waals surface area contributed by atoms with E-state index in [0.717, 1.165) is 11.3 Å². The maximum absolute atomic E-state index is 12.5. The topological polar surface area (TPSA) is 78.5 Å². The predicted molar refractivity (Wildman–Crippen MR) is 101 cm³/mol. The SMILES string of the molecule is CC(=O)Nc1ccc(NC(=O)[C@H]2CC(=O)N(c3ccc(C)cc3)C2)cc1. The molecule has 3 amide bonds. The molecule has 1 heterocycles. The van der Waals surface area contributed by atoms with E-state index >= 15 is 0 Å². The molecule has 6 heteroatoms. The van der Waals surface area contributed by atoms with E-state index in [0.29, 0.717) is 17.9 Å². The van der Waals surface area contributed by atoms with Crippen LogP contribution in [0.5, 0.6) is 0 Å². The first kappa shape index (κ1) is 17.7. The highest BCUT2D eigenvalue weighted by Crippen LogP contribution is 2.26. The molecule has 0 spiro atoms. The van der Waals surface area contributed by atoms with Gasteiger partial charge in [0, 0.05) is 37.0 Å². The van der Waals surface area contributed by atoms with Gasteiger partial charge in [-0.3, -0.25) is 14.4 Å². The number of nitrogens with one attached hydrogen (secondary N) is 2. The fourth-order valence-electron chi connectivity index (χ4n) is 2.94. The van der Waals surface area contributed by atoms with E-state index in [1.165, 1.54) is 6.92 Å². The van der Waals surface area contributed by atoms with E-state index < -0.39 is 0 Å². The lowest BCUT2D eigenvalue weighted by atomic mass is 10.1. The van der Waals surface area contributed by atoms with Crippen molar-refractivity contribution in [3.8, 4) is 0 Å². The van der Waals surface area contributed by atoms with E-state index in [-0.39, 0.29) is 30.1 Å². The Morgan fingerprint density at radius 2 is 1.54 bits per heavy atom. The van der Waals surface area contributed by atoms with Crippen LogP contribution in [-0.2, 0) is 14.4 Å². The Kier molecular flexibility index (Phi) is 5.02. The zero-order chi connectivity index (χ0) is 18.7. The van der Waals surface area contributed by atoms with Gasteiger partial charge >= 0.3 is 0 Å². The summed E-state index contributed by atoms with van der Waals surface area (Å²) in [6.45, 7) is 3.80. The van der Waals surface area contributed by atoms with Gasteiger partial charge < -0.3 is 15.5 Å². The Morgan fingerprint density at radius 1 is 0.962 bits per heavy atom. The van der Waals surface area contributed by atoms with Crippen LogP contribution in [-0.4, -0.2) is 24.3 Å². The lowest BCUT2D eigenvalue weighted by Crippen LogP contribution is -2.28. The lowest BCUT2D eigenvalue weighted by molar-refractivity contribution is -0.122. The minimum atomic E-state index is -0.390. The zero-order valence-corrected chi connectivity index (χ0v) is 14.8. The molecule has 2 aromatic carbocycles. The van der Waals surface area contributed by atoms with Crippen molar-refractivity contribution in [1.82, 2.24) is 0 Å². The molecule has 2 aromatic rings. The third-order valence-electron chi connectivity index (χ3n) is 4.31. The van der Waals surface area contributed by atoms with Gasteiger partial charge in [-0.15, -0.1) is 0 Å². The number of carbonyl (C=O) groups is 3. The molecule has 26 heavy (non-hydrogen) atoms. The number of hydrogen-bond donors (Lipinski definition) is 2. The van der Waals surface area contributed by atoms with E-state index in [1.807, 2.05) is 31.2 Å². The molecule has 1 aliphatic heterocycles. The Hall–Kier alpha value is -3.15. The van der Waals surface area contributed by atoms with Crippen molar-refractivity contribution in [1.29, 1.82) is 0 Å². The molecule has 0 saturated carbocycles. The fourth-order valence-corrected chi connectivity index (χ4v) is 2.94. The molecule has 1 saturated heterocycles. The molecule has 3 rings (SSSR count). The van der Waals surface area contributed by atoms with Crippen LogP contribution in [0.2, 0.25) is 0 Å². The first-order valence-corrected chi connectivity index (χ1v) is 8.48. The maximum atomic E-state index is 12.5. The summed E-state index contributed by atoms with van der Waals surface area (Å²) in [4.78, 5) is 37.5. The summed E-state index contributed by atoms with van der Waals surface area (Å²) in [7, 11) is 0. The number of nitrogens with zero attached hydrogens (tertiary/aromatic N) is 1. The van der Waals surface area contributed by atoms with Gasteiger partial charge in [0.2, 0.25) is 17.7 Å². The summed E-state index contributed by atoms with van der Waals surface area (Å²) in [6, 6.07) is 14.6. The number of hydrogen-bond acceptors (Lipinski definition) is 3. The highest BCUT2D eigenvalue weighted by atomic mass is 16.2. The van der Waals surface area contributed by atoms with Gasteiger partial charge in [-0.25, -0.2) is 0 Å². The number of carbonyl (C=O) groups excluding carboxylic acids is 3. The minimum absolute atomic E-state index is 0.0463. The molecule has 0 unspecified atom stereocenters. The third kappa shape index (κ3) is 4.08. The largest absolute Gasteiger partial charge is 0.326 e. The number of aryl methyl sites for hydroxylation is 1. The van der Waals surface area contributed by atoms with E-state index in [4.69, 9.17) is 0 Å². The number of anilines is 3. The van der Waals surface area contributed by atoms with Crippen LogP contribution in [0.3, 0.4) is 0 Å². The molecule has 0 bridgehead atoms. The summed E-state index contributed by atoms with van der Waals surface area (Å²) in [5.74, 6) is -0.767. The van der Waals surface area contributed by atoms with Gasteiger partial charge in [-0.2, -0.15) is 0 Å². The van der Waals surface area contributed by atoms with Crippen LogP contribution in [0.25, 0.3) is 0 Å². The summed E-state index contributed by atoms with van der Waals surface area (Å²) in [6.07, 6.45) is 0.198. The molecule has 134 valence electrons. The van der Waals surface area contributed by atoms with Crippen LogP contribution in [0.4, 0.5) is 17.1 Å². The second kappa shape index (κ2) is 7.39. The average molecular weight is 351 g/mol. The summed E-state index contributed by atoms with van der Waals surface area (Å²) in [5, 5.41) is 5.51. The number of benzene rings is 2.